The van der Waals surface area contributed by atoms with Crippen LogP contribution < -0.4 is 0 Å². The molecule has 16 heavy (non-hydrogen) atoms. The number of carbonyl (C=O) groups is 2. The second kappa shape index (κ2) is 6.02. The molecule has 0 spiro atoms. The second-order valence-electron chi connectivity index (χ2n) is 3.18. The first kappa shape index (κ1) is 12.4. The van der Waals surface area contributed by atoms with Crippen LogP contribution in [0.2, 0.25) is 0 Å². The van der Waals surface area contributed by atoms with Crippen molar-refractivity contribution in [1.82, 2.24) is 0 Å². The lowest BCUT2D eigenvalue weighted by atomic mass is 10.1. The number of esters is 1. The summed E-state index contributed by atoms with van der Waals surface area (Å²) < 4.78 is 9.58. The molecule has 0 heterocycles. The van der Waals surface area contributed by atoms with Crippen LogP contribution in [0.5, 0.6) is 0 Å². The van der Waals surface area contributed by atoms with Gasteiger partial charge in [0.15, 0.2) is 0 Å². The first-order valence-electron chi connectivity index (χ1n) is 4.98. The average Bonchev–Trinajstić information content (AvgIpc) is 2.29. The molecular formula is C12H14O4. The predicted octanol–water partition coefficient (Wildman–Crippen LogP) is 1.58. The lowest BCUT2D eigenvalue weighted by molar-refractivity contribution is -0.137. The van der Waals surface area contributed by atoms with Crippen molar-refractivity contribution >= 4 is 11.8 Å². The Morgan fingerprint density at radius 3 is 2.69 bits per heavy atom. The van der Waals surface area contributed by atoms with E-state index in [1.807, 2.05) is 6.07 Å². The van der Waals surface area contributed by atoms with E-state index in [-0.39, 0.29) is 6.61 Å². The normalized spacial score (nSPS) is 9.88. The standard InChI is InChI=1S/C12H14O4/c1-3-16-12(14)11(13)10-6-4-5-9(7-10)8-15-2/h4-7H,3,8H2,1-2H3. The fourth-order valence-corrected chi connectivity index (χ4v) is 1.28. The number of methoxy groups -OCH3 is 1. The van der Waals surface area contributed by atoms with Crippen molar-refractivity contribution in [2.45, 2.75) is 13.5 Å². The minimum absolute atomic E-state index is 0.197. The summed E-state index contributed by atoms with van der Waals surface area (Å²) in [4.78, 5) is 22.8. The number of Topliss-reactive ketones (excluding diaryl/α,β-unsaturated/α-hetero) is 1. The summed E-state index contributed by atoms with van der Waals surface area (Å²) in [5, 5.41) is 0. The van der Waals surface area contributed by atoms with Gasteiger partial charge in [0.05, 0.1) is 13.2 Å². The van der Waals surface area contributed by atoms with E-state index in [4.69, 9.17) is 4.74 Å². The van der Waals surface area contributed by atoms with Gasteiger partial charge in [0, 0.05) is 12.7 Å². The molecule has 0 aromatic heterocycles. The Balaban J connectivity index is 2.83. The zero-order chi connectivity index (χ0) is 12.0. The zero-order valence-corrected chi connectivity index (χ0v) is 9.36. The molecule has 0 aliphatic rings. The smallest absolute Gasteiger partial charge is 0.379 e. The van der Waals surface area contributed by atoms with Crippen LogP contribution >= 0.6 is 0 Å². The summed E-state index contributed by atoms with van der Waals surface area (Å²) in [6.07, 6.45) is 0. The Kier molecular flexibility index (Phi) is 4.66. The molecule has 0 N–H and O–H groups in total. The molecule has 1 rings (SSSR count). The van der Waals surface area contributed by atoms with E-state index >= 15 is 0 Å². The van der Waals surface area contributed by atoms with Gasteiger partial charge in [-0.15, -0.1) is 0 Å². The average molecular weight is 222 g/mol. The van der Waals surface area contributed by atoms with E-state index in [1.54, 1.807) is 32.2 Å². The van der Waals surface area contributed by atoms with Gasteiger partial charge in [-0.1, -0.05) is 18.2 Å². The molecule has 1 aromatic carbocycles. The van der Waals surface area contributed by atoms with E-state index in [9.17, 15) is 9.59 Å². The maximum absolute atomic E-state index is 11.6. The maximum atomic E-state index is 11.6. The lowest BCUT2D eigenvalue weighted by Gasteiger charge is -2.03. The van der Waals surface area contributed by atoms with Gasteiger partial charge in [-0.05, 0) is 18.6 Å². The van der Waals surface area contributed by atoms with Gasteiger partial charge in [0.2, 0.25) is 0 Å². The summed E-state index contributed by atoms with van der Waals surface area (Å²) in [6, 6.07) is 6.74. The van der Waals surface area contributed by atoms with Gasteiger partial charge < -0.3 is 9.47 Å². The molecule has 4 heteroatoms. The van der Waals surface area contributed by atoms with Crippen LogP contribution in [-0.4, -0.2) is 25.5 Å². The van der Waals surface area contributed by atoms with E-state index in [0.717, 1.165) is 5.56 Å². The first-order chi connectivity index (χ1) is 7.69. The topological polar surface area (TPSA) is 52.6 Å². The number of rotatable bonds is 5. The third-order valence-corrected chi connectivity index (χ3v) is 1.96. The van der Waals surface area contributed by atoms with Crippen LogP contribution in [0.25, 0.3) is 0 Å². The quantitative estimate of drug-likeness (QED) is 0.431. The van der Waals surface area contributed by atoms with Crippen LogP contribution in [0.4, 0.5) is 0 Å². The number of ether oxygens (including phenoxy) is 2. The van der Waals surface area contributed by atoms with Gasteiger partial charge >= 0.3 is 5.97 Å². The van der Waals surface area contributed by atoms with E-state index < -0.39 is 11.8 Å². The predicted molar refractivity (Wildman–Crippen MR) is 58.1 cm³/mol. The minimum Gasteiger partial charge on any atom is -0.460 e. The van der Waals surface area contributed by atoms with Crippen LogP contribution in [0, 0.1) is 0 Å². The molecule has 0 unspecified atom stereocenters. The largest absolute Gasteiger partial charge is 0.460 e. The highest BCUT2D eigenvalue weighted by molar-refractivity contribution is 6.40. The second-order valence-corrected chi connectivity index (χ2v) is 3.18. The van der Waals surface area contributed by atoms with Crippen LogP contribution in [0.15, 0.2) is 24.3 Å². The summed E-state index contributed by atoms with van der Waals surface area (Å²) in [5.41, 5.74) is 1.17. The van der Waals surface area contributed by atoms with Gasteiger partial charge in [0.1, 0.15) is 0 Å². The third kappa shape index (κ3) is 3.17. The molecule has 0 aliphatic carbocycles. The molecule has 0 radical (unpaired) electrons. The van der Waals surface area contributed by atoms with Gasteiger partial charge in [0.25, 0.3) is 5.78 Å². The molecule has 86 valence electrons. The molecular weight excluding hydrogens is 208 g/mol. The highest BCUT2D eigenvalue weighted by Gasteiger charge is 2.17. The van der Waals surface area contributed by atoms with Crippen molar-refractivity contribution in [3.63, 3.8) is 0 Å². The van der Waals surface area contributed by atoms with Crippen LogP contribution in [0.3, 0.4) is 0 Å². The van der Waals surface area contributed by atoms with Crippen molar-refractivity contribution in [2.75, 3.05) is 13.7 Å². The van der Waals surface area contributed by atoms with Gasteiger partial charge in [-0.2, -0.15) is 0 Å². The number of hydrogen-bond donors (Lipinski definition) is 0. The SMILES string of the molecule is CCOC(=O)C(=O)c1cccc(COC)c1. The highest BCUT2D eigenvalue weighted by Crippen LogP contribution is 2.08. The maximum Gasteiger partial charge on any atom is 0.379 e. The fourth-order valence-electron chi connectivity index (χ4n) is 1.28. The molecule has 1 aromatic rings. The first-order valence-corrected chi connectivity index (χ1v) is 4.98. The summed E-state index contributed by atoms with van der Waals surface area (Å²) in [5.74, 6) is -1.45. The van der Waals surface area contributed by atoms with E-state index in [2.05, 4.69) is 4.74 Å². The molecule has 4 nitrogen and oxygen atoms in total. The number of hydrogen-bond acceptors (Lipinski definition) is 4. The Bertz CT molecular complexity index is 384. The van der Waals surface area contributed by atoms with Gasteiger partial charge in [-0.25, -0.2) is 4.79 Å². The van der Waals surface area contributed by atoms with E-state index in [1.165, 1.54) is 0 Å². The van der Waals surface area contributed by atoms with Crippen LogP contribution in [0.1, 0.15) is 22.8 Å². The lowest BCUT2D eigenvalue weighted by Crippen LogP contribution is -2.17. The van der Waals surface area contributed by atoms with E-state index in [0.29, 0.717) is 12.2 Å². The van der Waals surface area contributed by atoms with Gasteiger partial charge in [-0.3, -0.25) is 4.79 Å². The summed E-state index contributed by atoms with van der Waals surface area (Å²) in [7, 11) is 1.57. The molecule has 0 bridgehead atoms. The Hall–Kier alpha value is -1.68. The zero-order valence-electron chi connectivity index (χ0n) is 9.36. The Morgan fingerprint density at radius 2 is 2.06 bits per heavy atom. The van der Waals surface area contributed by atoms with Crippen molar-refractivity contribution in [1.29, 1.82) is 0 Å². The molecule has 0 aliphatic heterocycles. The van der Waals surface area contributed by atoms with Crippen molar-refractivity contribution in [2.24, 2.45) is 0 Å². The third-order valence-electron chi connectivity index (χ3n) is 1.96. The molecule has 0 fully saturated rings. The van der Waals surface area contributed by atoms with Crippen molar-refractivity contribution in [3.8, 4) is 0 Å². The number of ketones is 1. The minimum atomic E-state index is -0.822. The Labute approximate surface area is 94.2 Å². The monoisotopic (exact) mass is 222 g/mol. The molecule has 0 atom stereocenters. The molecule has 0 saturated heterocycles. The number of benzene rings is 1. The summed E-state index contributed by atoms with van der Waals surface area (Å²) in [6.45, 7) is 2.26. The Morgan fingerprint density at radius 1 is 1.31 bits per heavy atom. The van der Waals surface area contributed by atoms with Crippen molar-refractivity contribution < 1.29 is 19.1 Å². The fraction of sp³-hybridized carbons (Fsp3) is 0.333. The highest BCUT2D eigenvalue weighted by atomic mass is 16.5. The molecule has 0 saturated carbocycles. The number of carbonyl (C=O) groups excluding carboxylic acids is 2. The summed E-state index contributed by atoms with van der Waals surface area (Å²) >= 11 is 0. The molecule has 0 amide bonds. The van der Waals surface area contributed by atoms with Crippen LogP contribution in [-0.2, 0) is 20.9 Å². The van der Waals surface area contributed by atoms with Crippen molar-refractivity contribution in [3.05, 3.63) is 35.4 Å².